The van der Waals surface area contributed by atoms with Crippen molar-refractivity contribution in [3.63, 3.8) is 0 Å². The van der Waals surface area contributed by atoms with Gasteiger partial charge in [0.15, 0.2) is 8.32 Å². The molecule has 8 nitrogen and oxygen atoms in total. The highest BCUT2D eigenvalue weighted by atomic mass is 32.2. The van der Waals surface area contributed by atoms with Crippen molar-refractivity contribution in [2.75, 3.05) is 26.1 Å². The van der Waals surface area contributed by atoms with E-state index in [0.29, 0.717) is 32.5 Å². The minimum absolute atomic E-state index is 0.0719. The van der Waals surface area contributed by atoms with Crippen molar-refractivity contribution < 1.29 is 31.7 Å². The molecule has 0 bridgehead atoms. The summed E-state index contributed by atoms with van der Waals surface area (Å²) in [4.78, 5) is 13.1. The van der Waals surface area contributed by atoms with Crippen molar-refractivity contribution in [3.05, 3.63) is 0 Å². The summed E-state index contributed by atoms with van der Waals surface area (Å²) < 4.78 is 39.3. The number of hydrogen-bond acceptors (Lipinski definition) is 6. The normalized spacial score (nSPS) is 21.4. The molecule has 1 fully saturated rings. The summed E-state index contributed by atoms with van der Waals surface area (Å²) in [6.45, 7) is 15.4. The van der Waals surface area contributed by atoms with Crippen LogP contribution in [-0.2, 0) is 23.5 Å². The van der Waals surface area contributed by atoms with Gasteiger partial charge in [-0.1, -0.05) is 20.8 Å². The third kappa shape index (κ3) is 8.16. The minimum Gasteiger partial charge on any atom is -0.465 e. The van der Waals surface area contributed by atoms with E-state index in [1.54, 1.807) is 13.8 Å². The summed E-state index contributed by atoms with van der Waals surface area (Å²) in [5.74, 6) is 0.0802. The molecule has 2 atom stereocenters. The van der Waals surface area contributed by atoms with Crippen molar-refractivity contribution in [1.29, 1.82) is 0 Å². The van der Waals surface area contributed by atoms with Gasteiger partial charge in [-0.2, -0.15) is 8.42 Å². The maximum absolute atomic E-state index is 11.8. The number of rotatable bonds is 10. The van der Waals surface area contributed by atoms with Gasteiger partial charge in [-0.15, -0.1) is 0 Å². The number of amides is 1. The van der Waals surface area contributed by atoms with Gasteiger partial charge in [-0.05, 0) is 57.2 Å². The van der Waals surface area contributed by atoms with E-state index < -0.39 is 30.3 Å². The van der Waals surface area contributed by atoms with E-state index in [0.717, 1.165) is 6.26 Å². The lowest BCUT2D eigenvalue weighted by Crippen LogP contribution is -2.48. The van der Waals surface area contributed by atoms with Crippen molar-refractivity contribution in [3.8, 4) is 0 Å². The quantitative estimate of drug-likeness (QED) is 0.304. The summed E-state index contributed by atoms with van der Waals surface area (Å²) >= 11 is 0. The van der Waals surface area contributed by atoms with Gasteiger partial charge in [0.25, 0.3) is 10.1 Å². The van der Waals surface area contributed by atoms with E-state index in [9.17, 15) is 18.3 Å². The first kappa shape index (κ1) is 26.4. The van der Waals surface area contributed by atoms with Gasteiger partial charge in [-0.25, -0.2) is 4.79 Å². The first-order valence-electron chi connectivity index (χ1n) is 10.1. The Balaban J connectivity index is 2.82. The van der Waals surface area contributed by atoms with Crippen LogP contribution in [-0.4, -0.2) is 70.7 Å². The molecule has 1 heterocycles. The Morgan fingerprint density at radius 1 is 1.34 bits per heavy atom. The van der Waals surface area contributed by atoms with E-state index in [2.05, 4.69) is 33.9 Å². The summed E-state index contributed by atoms with van der Waals surface area (Å²) in [5.41, 5.74) is -0.860. The highest BCUT2D eigenvalue weighted by molar-refractivity contribution is 7.85. The Kier molecular flexibility index (Phi) is 8.75. The van der Waals surface area contributed by atoms with Crippen molar-refractivity contribution in [2.24, 2.45) is 5.92 Å². The van der Waals surface area contributed by atoms with Gasteiger partial charge in [-0.3, -0.25) is 9.08 Å². The average Bonchev–Trinajstić information content (AvgIpc) is 2.81. The molecular weight excluding hydrogens is 414 g/mol. The lowest BCUT2D eigenvalue weighted by atomic mass is 9.95. The fourth-order valence-electron chi connectivity index (χ4n) is 3.22. The van der Waals surface area contributed by atoms with Gasteiger partial charge in [0.1, 0.15) is 5.72 Å². The standard InChI is InChI=1S/C19H39NO7SSi/c1-18(2,3)29(7,8)27-13-15(10-9-11-26-28(6,23)24)12-16-14-25-19(4,5)20(16)17(21)22/h15-16H,9-14H2,1-8H3,(H,21,22)/t15-,16?/m1/s1. The van der Waals surface area contributed by atoms with E-state index >= 15 is 0 Å². The first-order valence-corrected chi connectivity index (χ1v) is 14.8. The van der Waals surface area contributed by atoms with Crippen LogP contribution >= 0.6 is 0 Å². The molecule has 1 rings (SSSR count). The van der Waals surface area contributed by atoms with Crippen LogP contribution in [0.1, 0.15) is 53.9 Å². The maximum Gasteiger partial charge on any atom is 0.409 e. The lowest BCUT2D eigenvalue weighted by Gasteiger charge is -2.38. The van der Waals surface area contributed by atoms with Crippen LogP contribution in [0.2, 0.25) is 18.1 Å². The molecule has 1 amide bonds. The fourth-order valence-corrected chi connectivity index (χ4v) is 4.73. The van der Waals surface area contributed by atoms with Gasteiger partial charge >= 0.3 is 6.09 Å². The number of carbonyl (C=O) groups is 1. The monoisotopic (exact) mass is 453 g/mol. The number of ether oxygens (including phenoxy) is 1. The van der Waals surface area contributed by atoms with E-state index in [1.165, 1.54) is 4.90 Å². The van der Waals surface area contributed by atoms with Gasteiger partial charge in [0, 0.05) is 6.61 Å². The summed E-state index contributed by atoms with van der Waals surface area (Å²) in [6.07, 6.45) is 1.88. The molecule has 29 heavy (non-hydrogen) atoms. The van der Waals surface area contributed by atoms with Crippen LogP contribution in [0.15, 0.2) is 0 Å². The Morgan fingerprint density at radius 3 is 2.41 bits per heavy atom. The lowest BCUT2D eigenvalue weighted by molar-refractivity contribution is -0.0427. The zero-order valence-electron chi connectivity index (χ0n) is 19.1. The molecule has 0 aromatic carbocycles. The molecular formula is C19H39NO7SSi. The van der Waals surface area contributed by atoms with E-state index in [1.807, 2.05) is 0 Å². The fraction of sp³-hybridized carbons (Fsp3) is 0.947. The molecule has 1 saturated heterocycles. The topological polar surface area (TPSA) is 102 Å². The Bertz CT molecular complexity index is 658. The molecule has 10 heteroatoms. The van der Waals surface area contributed by atoms with Crippen LogP contribution < -0.4 is 0 Å². The average molecular weight is 454 g/mol. The highest BCUT2D eigenvalue weighted by Gasteiger charge is 2.45. The van der Waals surface area contributed by atoms with Crippen molar-refractivity contribution in [2.45, 2.75) is 83.8 Å². The number of hydrogen-bond donors (Lipinski definition) is 1. The van der Waals surface area contributed by atoms with Crippen molar-refractivity contribution >= 4 is 24.5 Å². The first-order chi connectivity index (χ1) is 13.0. The molecule has 0 aliphatic carbocycles. The second kappa shape index (κ2) is 9.63. The highest BCUT2D eigenvalue weighted by Crippen LogP contribution is 2.38. The SMILES string of the molecule is CC1(C)OCC(C[C@@H](CCCOS(C)(=O)=O)CO[Si](C)(C)C(C)(C)C)N1C(=O)O. The zero-order valence-corrected chi connectivity index (χ0v) is 21.0. The molecule has 1 aliphatic heterocycles. The predicted octanol–water partition coefficient (Wildman–Crippen LogP) is 3.89. The van der Waals surface area contributed by atoms with Crippen LogP contribution in [0, 0.1) is 5.92 Å². The molecule has 0 spiro atoms. The Morgan fingerprint density at radius 2 is 1.93 bits per heavy atom. The third-order valence-electron chi connectivity index (χ3n) is 5.93. The summed E-state index contributed by atoms with van der Waals surface area (Å²) in [6, 6.07) is -0.258. The Hall–Kier alpha value is -0.683. The van der Waals surface area contributed by atoms with Gasteiger partial charge in [0.05, 0.1) is 25.5 Å². The van der Waals surface area contributed by atoms with E-state index in [4.69, 9.17) is 13.3 Å². The zero-order chi connectivity index (χ0) is 22.7. The molecule has 1 aliphatic rings. The smallest absolute Gasteiger partial charge is 0.409 e. The molecule has 0 radical (unpaired) electrons. The maximum atomic E-state index is 11.8. The van der Waals surface area contributed by atoms with Crippen molar-refractivity contribution in [1.82, 2.24) is 4.90 Å². The number of carboxylic acid groups (broad SMARTS) is 1. The second-order valence-electron chi connectivity index (χ2n) is 9.91. The molecule has 1 unspecified atom stereocenters. The van der Waals surface area contributed by atoms with Crippen LogP contribution in [0.3, 0.4) is 0 Å². The van der Waals surface area contributed by atoms with Crippen LogP contribution in [0.25, 0.3) is 0 Å². The summed E-state index contributed by atoms with van der Waals surface area (Å²) in [7, 11) is -5.42. The van der Waals surface area contributed by atoms with Crippen LogP contribution in [0.4, 0.5) is 4.79 Å². The van der Waals surface area contributed by atoms with Gasteiger partial charge in [0.2, 0.25) is 0 Å². The Labute approximate surface area is 177 Å². The van der Waals surface area contributed by atoms with Crippen LogP contribution in [0.5, 0.6) is 0 Å². The summed E-state index contributed by atoms with van der Waals surface area (Å²) in [5, 5.41) is 9.71. The largest absolute Gasteiger partial charge is 0.465 e. The van der Waals surface area contributed by atoms with E-state index in [-0.39, 0.29) is 23.6 Å². The molecule has 0 saturated carbocycles. The predicted molar refractivity (Wildman–Crippen MR) is 115 cm³/mol. The third-order valence-corrected chi connectivity index (χ3v) is 11.0. The number of nitrogens with zero attached hydrogens (tertiary/aromatic N) is 1. The molecule has 0 aromatic heterocycles. The van der Waals surface area contributed by atoms with Gasteiger partial charge < -0.3 is 14.3 Å². The molecule has 1 N–H and O–H groups in total. The molecule has 0 aromatic rings. The second-order valence-corrected chi connectivity index (χ2v) is 16.4. The minimum atomic E-state index is -3.47. The molecule has 172 valence electrons.